The van der Waals surface area contributed by atoms with Crippen LogP contribution in [-0.4, -0.2) is 22.3 Å². The van der Waals surface area contributed by atoms with E-state index in [1.807, 2.05) is 6.92 Å². The first-order valence-corrected chi connectivity index (χ1v) is 8.61. The zero-order valence-corrected chi connectivity index (χ0v) is 15.8. The van der Waals surface area contributed by atoms with Gasteiger partial charge in [0.2, 0.25) is 5.88 Å². The number of pyridine rings is 1. The minimum absolute atomic E-state index is 0.0172. The summed E-state index contributed by atoms with van der Waals surface area (Å²) in [5.41, 5.74) is 0.425. The molecule has 3 rings (SSSR count). The topological polar surface area (TPSA) is 96.5 Å². The summed E-state index contributed by atoms with van der Waals surface area (Å²) >= 11 is 6.04. The van der Waals surface area contributed by atoms with Crippen molar-refractivity contribution in [3.63, 3.8) is 0 Å². The third-order valence-corrected chi connectivity index (χ3v) is 4.38. The van der Waals surface area contributed by atoms with Crippen LogP contribution in [0.2, 0.25) is 5.02 Å². The Morgan fingerprint density at radius 1 is 1.36 bits per heavy atom. The van der Waals surface area contributed by atoms with Crippen molar-refractivity contribution in [2.24, 2.45) is 0 Å². The summed E-state index contributed by atoms with van der Waals surface area (Å²) < 4.78 is 7.13. The third-order valence-electron chi connectivity index (χ3n) is 3.96. The van der Waals surface area contributed by atoms with E-state index in [4.69, 9.17) is 16.3 Å². The zero-order chi connectivity index (χ0) is 20.3. The molecule has 0 aliphatic carbocycles. The van der Waals surface area contributed by atoms with Crippen molar-refractivity contribution in [2.45, 2.75) is 6.92 Å². The van der Waals surface area contributed by atoms with Gasteiger partial charge in [0.25, 0.3) is 11.5 Å². The Morgan fingerprint density at radius 2 is 2.14 bits per heavy atom. The molecule has 2 aromatic heterocycles. The molecule has 140 valence electrons. The lowest BCUT2D eigenvalue weighted by Gasteiger charge is -2.11. The first-order valence-electron chi connectivity index (χ1n) is 8.24. The fourth-order valence-corrected chi connectivity index (χ4v) is 2.62. The van der Waals surface area contributed by atoms with Gasteiger partial charge >= 0.3 is 0 Å². The number of nitrogens with zero attached hydrogens (tertiary/aromatic N) is 3. The van der Waals surface area contributed by atoms with Crippen LogP contribution in [0.1, 0.15) is 11.1 Å². The number of ether oxygens (including phenoxy) is 1. The number of carbonyl (C=O) groups excluding carboxylic acids is 1. The lowest BCUT2D eigenvalue weighted by atomic mass is 10.1. The first-order chi connectivity index (χ1) is 13.4. The number of aromatic nitrogens is 2. The normalized spacial score (nSPS) is 11.1. The molecular formula is C20H15ClN4O3. The molecule has 28 heavy (non-hydrogen) atoms. The van der Waals surface area contributed by atoms with Crippen LogP contribution in [0.15, 0.2) is 53.0 Å². The van der Waals surface area contributed by atoms with E-state index < -0.39 is 11.5 Å². The fraction of sp³-hybridized carbons (Fsp3) is 0.100. The number of amides is 1. The van der Waals surface area contributed by atoms with E-state index in [-0.39, 0.29) is 17.0 Å². The minimum atomic E-state index is -0.617. The second-order valence-electron chi connectivity index (χ2n) is 5.83. The Morgan fingerprint density at radius 3 is 2.82 bits per heavy atom. The molecule has 0 atom stereocenters. The molecule has 0 aliphatic heterocycles. The summed E-state index contributed by atoms with van der Waals surface area (Å²) in [4.78, 5) is 29.2. The quantitative estimate of drug-likeness (QED) is 0.541. The first kappa shape index (κ1) is 19.1. The molecule has 0 spiro atoms. The van der Waals surface area contributed by atoms with Crippen molar-refractivity contribution in [3.05, 3.63) is 74.7 Å². The number of likely N-dealkylation sites (N-methyl/N-ethyl adjacent to an activating group) is 1. The predicted molar refractivity (Wildman–Crippen MR) is 105 cm³/mol. The van der Waals surface area contributed by atoms with Gasteiger partial charge in [0, 0.05) is 18.3 Å². The Kier molecular flexibility index (Phi) is 5.43. The van der Waals surface area contributed by atoms with Gasteiger partial charge < -0.3 is 10.1 Å². The summed E-state index contributed by atoms with van der Waals surface area (Å²) in [6.45, 7) is 1.82. The summed E-state index contributed by atoms with van der Waals surface area (Å²) in [6.07, 6.45) is 2.72. The smallest absolute Gasteiger partial charge is 0.269 e. The molecule has 0 fully saturated rings. The van der Waals surface area contributed by atoms with E-state index in [0.29, 0.717) is 16.4 Å². The number of hydrogen-bond acceptors (Lipinski definition) is 5. The molecule has 0 unspecified atom stereocenters. The van der Waals surface area contributed by atoms with Crippen molar-refractivity contribution in [1.82, 2.24) is 14.7 Å². The second-order valence-corrected chi connectivity index (χ2v) is 6.23. The lowest BCUT2D eigenvalue weighted by molar-refractivity contribution is -0.116. The number of benzene rings is 1. The number of hydrogen-bond donors (Lipinski definition) is 1. The highest BCUT2D eigenvalue weighted by atomic mass is 35.5. The highest BCUT2D eigenvalue weighted by molar-refractivity contribution is 6.31. The molecule has 8 heteroatoms. The van der Waals surface area contributed by atoms with Gasteiger partial charge in [-0.25, -0.2) is 0 Å². The Labute approximate surface area is 165 Å². The second kappa shape index (κ2) is 7.94. The molecule has 3 aromatic rings. The average molecular weight is 395 g/mol. The van der Waals surface area contributed by atoms with Crippen molar-refractivity contribution in [3.8, 4) is 17.7 Å². The molecule has 1 aromatic carbocycles. The molecule has 0 saturated heterocycles. The molecule has 1 N–H and O–H groups in total. The predicted octanol–water partition coefficient (Wildman–Crippen LogP) is 3.10. The highest BCUT2D eigenvalue weighted by Gasteiger charge is 2.17. The van der Waals surface area contributed by atoms with Crippen LogP contribution in [-0.2, 0) is 4.79 Å². The minimum Gasteiger partial charge on any atom is -0.438 e. The molecule has 7 nitrogen and oxygen atoms in total. The lowest BCUT2D eigenvalue weighted by Crippen LogP contribution is -2.22. The maximum Gasteiger partial charge on any atom is 0.269 e. The van der Waals surface area contributed by atoms with Gasteiger partial charge in [-0.1, -0.05) is 17.7 Å². The van der Waals surface area contributed by atoms with Gasteiger partial charge in [-0.3, -0.25) is 14.0 Å². The van der Waals surface area contributed by atoms with Gasteiger partial charge in [-0.15, -0.1) is 0 Å². The van der Waals surface area contributed by atoms with Crippen molar-refractivity contribution in [2.75, 3.05) is 7.05 Å². The van der Waals surface area contributed by atoms with Crippen LogP contribution in [0.3, 0.4) is 0 Å². The molecule has 0 aliphatic rings. The molecule has 0 radical (unpaired) electrons. The summed E-state index contributed by atoms with van der Waals surface area (Å²) in [5.74, 6) is -0.217. The van der Waals surface area contributed by atoms with Crippen molar-refractivity contribution >= 4 is 29.2 Å². The van der Waals surface area contributed by atoms with E-state index >= 15 is 0 Å². The van der Waals surface area contributed by atoms with Crippen LogP contribution in [0.4, 0.5) is 0 Å². The molecule has 1 amide bonds. The largest absolute Gasteiger partial charge is 0.438 e. The SMILES string of the molecule is CNC(=O)C(C#N)=Cc1c(Oc2ccc(Cl)c(C)c2)nc2ccccn2c1=O. The summed E-state index contributed by atoms with van der Waals surface area (Å²) in [6, 6.07) is 11.9. The van der Waals surface area contributed by atoms with Gasteiger partial charge in [0.05, 0.1) is 0 Å². The van der Waals surface area contributed by atoms with Crippen LogP contribution in [0, 0.1) is 18.3 Å². The Balaban J connectivity index is 2.23. The average Bonchev–Trinajstić information content (AvgIpc) is 2.70. The number of fused-ring (bicyclic) bond motifs is 1. The van der Waals surface area contributed by atoms with E-state index in [1.54, 1.807) is 48.7 Å². The molecule has 0 bridgehead atoms. The van der Waals surface area contributed by atoms with Crippen LogP contribution in [0.25, 0.3) is 11.7 Å². The number of nitrogens with one attached hydrogen (secondary N) is 1. The van der Waals surface area contributed by atoms with Crippen LogP contribution >= 0.6 is 11.6 Å². The number of aryl methyl sites for hydroxylation is 1. The van der Waals surface area contributed by atoms with Gasteiger partial charge in [-0.2, -0.15) is 10.2 Å². The monoisotopic (exact) mass is 394 g/mol. The van der Waals surface area contributed by atoms with Gasteiger partial charge in [0.15, 0.2) is 0 Å². The molecular weight excluding hydrogens is 380 g/mol. The molecule has 0 saturated carbocycles. The maximum atomic E-state index is 13.0. The Bertz CT molecular complexity index is 1210. The van der Waals surface area contributed by atoms with E-state index in [2.05, 4.69) is 10.3 Å². The third kappa shape index (κ3) is 3.72. The van der Waals surface area contributed by atoms with E-state index in [1.165, 1.54) is 17.5 Å². The standard InChI is InChI=1S/C20H15ClN4O3/c1-12-9-14(6-7-16(12)21)28-19-15(10-13(11-22)18(26)23-2)20(27)25-8-4-3-5-17(25)24-19/h3-10H,1-2H3,(H,23,26). The number of rotatable bonds is 4. The summed E-state index contributed by atoms with van der Waals surface area (Å²) in [5, 5.41) is 12.2. The van der Waals surface area contributed by atoms with Crippen molar-refractivity contribution in [1.29, 1.82) is 5.26 Å². The van der Waals surface area contributed by atoms with E-state index in [0.717, 1.165) is 5.56 Å². The Hall–Kier alpha value is -3.63. The van der Waals surface area contributed by atoms with Crippen LogP contribution in [0.5, 0.6) is 11.6 Å². The number of carbonyl (C=O) groups is 1. The van der Waals surface area contributed by atoms with Crippen molar-refractivity contribution < 1.29 is 9.53 Å². The fourth-order valence-electron chi connectivity index (χ4n) is 2.50. The van der Waals surface area contributed by atoms with Gasteiger partial charge in [0.1, 0.15) is 28.6 Å². The van der Waals surface area contributed by atoms with Gasteiger partial charge in [-0.05, 0) is 48.9 Å². The van der Waals surface area contributed by atoms with E-state index in [9.17, 15) is 14.9 Å². The highest BCUT2D eigenvalue weighted by Crippen LogP contribution is 2.27. The summed E-state index contributed by atoms with van der Waals surface area (Å²) in [7, 11) is 1.40. The number of halogens is 1. The zero-order valence-electron chi connectivity index (χ0n) is 15.1. The molecule has 2 heterocycles. The maximum absolute atomic E-state index is 13.0. The van der Waals surface area contributed by atoms with Crippen LogP contribution < -0.4 is 15.6 Å². The number of nitriles is 1.